The molecule has 3 atom stereocenters. The van der Waals surface area contributed by atoms with Gasteiger partial charge >= 0.3 is 0 Å². The van der Waals surface area contributed by atoms with Gasteiger partial charge in [0.1, 0.15) is 0 Å². The molecule has 0 fully saturated rings. The summed E-state index contributed by atoms with van der Waals surface area (Å²) in [7, 11) is 0. The van der Waals surface area contributed by atoms with E-state index >= 15 is 0 Å². The van der Waals surface area contributed by atoms with Gasteiger partial charge in [0.25, 0.3) is 0 Å². The number of benzene rings is 5. The first-order valence-electron chi connectivity index (χ1n) is 19.1. The van der Waals surface area contributed by atoms with Crippen molar-refractivity contribution in [2.45, 2.75) is 58.4 Å². The molecule has 8 rings (SSSR count). The summed E-state index contributed by atoms with van der Waals surface area (Å²) >= 11 is 1.91. The maximum absolute atomic E-state index is 5.61. The number of allylic oxidation sites excluding steroid dienone is 7. The topological polar surface area (TPSA) is 24.7 Å². The van der Waals surface area contributed by atoms with Crippen molar-refractivity contribution in [1.82, 2.24) is 0 Å². The first-order valence-corrected chi connectivity index (χ1v) is 19.9. The number of aliphatic imine (C=N–C) groups is 2. The molecule has 2 aliphatic carbocycles. The van der Waals surface area contributed by atoms with Crippen LogP contribution in [0.25, 0.3) is 31.3 Å². The Morgan fingerprint density at radius 3 is 2.19 bits per heavy atom. The van der Waals surface area contributed by atoms with E-state index < -0.39 is 0 Å². The van der Waals surface area contributed by atoms with Crippen LogP contribution in [0.3, 0.4) is 0 Å². The van der Waals surface area contributed by atoms with E-state index in [2.05, 4.69) is 179 Å². The predicted molar refractivity (Wildman–Crippen MR) is 230 cm³/mol. The molecule has 0 radical (unpaired) electrons. The van der Waals surface area contributed by atoms with Crippen LogP contribution < -0.4 is 0 Å². The van der Waals surface area contributed by atoms with E-state index in [9.17, 15) is 0 Å². The molecule has 1 heterocycles. The third-order valence-electron chi connectivity index (χ3n) is 11.0. The number of amidine groups is 1. The van der Waals surface area contributed by atoms with E-state index in [1.807, 2.05) is 11.3 Å². The van der Waals surface area contributed by atoms with Crippen molar-refractivity contribution in [2.24, 2.45) is 15.9 Å². The van der Waals surface area contributed by atoms with Gasteiger partial charge in [-0.25, -0.2) is 4.99 Å². The highest BCUT2D eigenvalue weighted by atomic mass is 32.1. The number of fused-ring (bicyclic) bond motifs is 3. The summed E-state index contributed by atoms with van der Waals surface area (Å²) in [5, 5.41) is 2.74. The van der Waals surface area contributed by atoms with Crippen molar-refractivity contribution in [3.8, 4) is 0 Å². The summed E-state index contributed by atoms with van der Waals surface area (Å²) in [5.74, 6) is 1.55. The Labute approximate surface area is 318 Å². The van der Waals surface area contributed by atoms with Crippen LogP contribution in [-0.4, -0.2) is 11.5 Å². The molecule has 5 aromatic carbocycles. The second-order valence-electron chi connectivity index (χ2n) is 14.4. The number of nitrogens with zero attached hydrogens (tertiary/aromatic N) is 2. The van der Waals surface area contributed by atoms with Crippen molar-refractivity contribution >= 4 is 54.2 Å². The molecule has 0 bridgehead atoms. The summed E-state index contributed by atoms with van der Waals surface area (Å²) in [6, 6.07) is 45.9. The van der Waals surface area contributed by atoms with Gasteiger partial charge in [-0.05, 0) is 88.8 Å². The highest BCUT2D eigenvalue weighted by molar-refractivity contribution is 7.25. The highest BCUT2D eigenvalue weighted by Crippen LogP contribution is 2.43. The van der Waals surface area contributed by atoms with Gasteiger partial charge in [0.15, 0.2) is 5.84 Å². The molecule has 0 aliphatic heterocycles. The van der Waals surface area contributed by atoms with Crippen LogP contribution in [-0.2, 0) is 0 Å². The summed E-state index contributed by atoms with van der Waals surface area (Å²) in [6.07, 6.45) is 15.6. The monoisotopic (exact) mass is 706 g/mol. The van der Waals surface area contributed by atoms with E-state index in [1.54, 1.807) is 0 Å². The Morgan fingerprint density at radius 1 is 0.774 bits per heavy atom. The fourth-order valence-corrected chi connectivity index (χ4v) is 8.93. The first-order chi connectivity index (χ1) is 26.1. The molecular formula is C50H46N2S. The molecule has 0 spiro atoms. The van der Waals surface area contributed by atoms with Crippen molar-refractivity contribution in [2.75, 3.05) is 0 Å². The number of hydrogen-bond acceptors (Lipinski definition) is 2. The van der Waals surface area contributed by atoms with E-state index in [0.717, 1.165) is 42.8 Å². The zero-order valence-electron chi connectivity index (χ0n) is 30.9. The van der Waals surface area contributed by atoms with Crippen LogP contribution in [0, 0.1) is 5.92 Å². The Morgan fingerprint density at radius 2 is 1.51 bits per heavy atom. The van der Waals surface area contributed by atoms with Gasteiger partial charge in [-0.3, -0.25) is 4.99 Å². The fourth-order valence-electron chi connectivity index (χ4n) is 7.75. The van der Waals surface area contributed by atoms with E-state index in [-0.39, 0.29) is 6.04 Å². The molecule has 3 heteroatoms. The Hall–Kier alpha value is -5.38. The lowest BCUT2D eigenvalue weighted by Crippen LogP contribution is -2.13. The third-order valence-corrected chi connectivity index (χ3v) is 12.1. The minimum absolute atomic E-state index is 0.0142. The van der Waals surface area contributed by atoms with Crippen LogP contribution in [0.2, 0.25) is 0 Å². The smallest absolute Gasteiger partial charge is 0.151 e. The molecule has 0 N–H and O–H groups in total. The molecule has 2 aliphatic rings. The summed E-state index contributed by atoms with van der Waals surface area (Å²) < 4.78 is 2.67. The van der Waals surface area contributed by atoms with Crippen LogP contribution in [0.15, 0.2) is 173 Å². The number of hydrogen-bond donors (Lipinski definition) is 0. The van der Waals surface area contributed by atoms with Crippen molar-refractivity contribution in [3.63, 3.8) is 0 Å². The highest BCUT2D eigenvalue weighted by Gasteiger charge is 2.23. The van der Waals surface area contributed by atoms with Gasteiger partial charge < -0.3 is 0 Å². The van der Waals surface area contributed by atoms with Crippen molar-refractivity contribution in [3.05, 3.63) is 191 Å². The second-order valence-corrected chi connectivity index (χ2v) is 15.5. The molecule has 53 heavy (non-hydrogen) atoms. The quantitative estimate of drug-likeness (QED) is 0.106. The lowest BCUT2D eigenvalue weighted by Gasteiger charge is -2.22. The number of thiophene rings is 1. The van der Waals surface area contributed by atoms with Gasteiger partial charge in [-0.1, -0.05) is 166 Å². The largest absolute Gasteiger partial charge is 0.258 e. The molecule has 0 saturated carbocycles. The van der Waals surface area contributed by atoms with Crippen LogP contribution in [0.5, 0.6) is 0 Å². The average Bonchev–Trinajstić information content (AvgIpc) is 3.61. The van der Waals surface area contributed by atoms with Gasteiger partial charge in [-0.2, -0.15) is 0 Å². The minimum atomic E-state index is -0.0142. The van der Waals surface area contributed by atoms with Gasteiger partial charge in [0.2, 0.25) is 0 Å². The van der Waals surface area contributed by atoms with E-state index in [1.165, 1.54) is 59.1 Å². The van der Waals surface area contributed by atoms with Gasteiger partial charge in [0, 0.05) is 31.8 Å². The van der Waals surface area contributed by atoms with Crippen LogP contribution in [0.4, 0.5) is 0 Å². The molecule has 0 saturated heterocycles. The molecule has 6 aromatic rings. The lowest BCUT2D eigenvalue weighted by molar-refractivity contribution is 0.459. The van der Waals surface area contributed by atoms with E-state index in [4.69, 9.17) is 9.98 Å². The summed E-state index contributed by atoms with van der Waals surface area (Å²) in [5.41, 5.74) is 11.2. The third kappa shape index (κ3) is 7.45. The molecule has 2 nitrogen and oxygen atoms in total. The molecule has 0 amide bonds. The van der Waals surface area contributed by atoms with Crippen LogP contribution in [0.1, 0.15) is 86.2 Å². The van der Waals surface area contributed by atoms with Crippen molar-refractivity contribution in [1.29, 1.82) is 0 Å². The zero-order valence-corrected chi connectivity index (χ0v) is 31.7. The Balaban J connectivity index is 1.17. The summed E-state index contributed by atoms with van der Waals surface area (Å²) in [4.78, 5) is 10.9. The average molecular weight is 707 g/mol. The normalized spacial score (nSPS) is 17.7. The van der Waals surface area contributed by atoms with Crippen LogP contribution >= 0.6 is 11.3 Å². The zero-order chi connectivity index (χ0) is 36.1. The molecular weight excluding hydrogens is 661 g/mol. The molecule has 3 unspecified atom stereocenters. The van der Waals surface area contributed by atoms with Crippen molar-refractivity contribution < 1.29 is 0 Å². The fraction of sp³-hybridized carbons (Fsp3) is 0.200. The van der Waals surface area contributed by atoms with E-state index in [0.29, 0.717) is 11.8 Å². The first kappa shape index (κ1) is 34.7. The van der Waals surface area contributed by atoms with Gasteiger partial charge in [-0.15, -0.1) is 11.3 Å². The maximum atomic E-state index is 5.61. The molecule has 1 aromatic heterocycles. The minimum Gasteiger partial charge on any atom is -0.258 e. The second kappa shape index (κ2) is 15.7. The van der Waals surface area contributed by atoms with Gasteiger partial charge in [0.05, 0.1) is 6.04 Å². The standard InChI is InChI=1S/C50H46N2S/c1-4-34(2)49(52-50(51-35(3)36-15-8-5-9-16-36)42-29-25-40(26-30-42)38-19-12-7-13-20-38)43-31-32-45-47(33-43)53-46-22-14-21-44(48(45)46)41-27-23-39(24-28-41)37-17-10-6-11-18-37/h5-25,27,29,31-34,41,49H,4,26,28,30H2,1-3H3/b51-35+,52-50-. The predicted octanol–water partition coefficient (Wildman–Crippen LogP) is 14.0. The SMILES string of the molecule is CCC(C)C(/N=C(\N=C(/C)c1ccccc1)C1=CC=C(c2ccccc2)CC1)c1ccc2c(c1)sc1cccc(C3C=CC(c4ccccc4)=CC3)c12. The molecule has 262 valence electrons. The summed E-state index contributed by atoms with van der Waals surface area (Å²) in [6.45, 7) is 6.72. The Kier molecular flexibility index (Phi) is 10.3. The number of rotatable bonds is 9. The maximum Gasteiger partial charge on any atom is 0.151 e. The lowest BCUT2D eigenvalue weighted by atomic mass is 9.86. The Bertz CT molecular complexity index is 2420.